The van der Waals surface area contributed by atoms with Crippen LogP contribution in [0.5, 0.6) is 6.01 Å². The van der Waals surface area contributed by atoms with Crippen LogP contribution in [0.4, 0.5) is 5.82 Å². The number of aliphatic hydroxyl groups excluding tert-OH is 1. The number of hydrogen-bond donors (Lipinski definition) is 1. The third-order valence-corrected chi connectivity index (χ3v) is 3.99. The van der Waals surface area contributed by atoms with Crippen molar-refractivity contribution in [2.75, 3.05) is 45.3 Å². The van der Waals surface area contributed by atoms with E-state index < -0.39 is 0 Å². The van der Waals surface area contributed by atoms with Gasteiger partial charge < -0.3 is 19.6 Å². The van der Waals surface area contributed by atoms with E-state index in [0.29, 0.717) is 23.6 Å². The summed E-state index contributed by atoms with van der Waals surface area (Å²) in [6, 6.07) is 0.838. The van der Waals surface area contributed by atoms with Crippen LogP contribution in [0.1, 0.15) is 12.8 Å². The minimum absolute atomic E-state index is 0.200. The zero-order valence-corrected chi connectivity index (χ0v) is 12.7. The molecule has 1 aromatic heterocycles. The Bertz CT molecular complexity index is 438. The zero-order valence-electron chi connectivity index (χ0n) is 11.9. The number of hydrogen-bond acceptors (Lipinski definition) is 6. The number of nitrogens with zero attached hydrogens (tertiary/aromatic N) is 4. The highest BCUT2D eigenvalue weighted by Crippen LogP contribution is 2.27. The molecule has 0 saturated carbocycles. The van der Waals surface area contributed by atoms with Crippen molar-refractivity contribution >= 4 is 17.4 Å². The van der Waals surface area contributed by atoms with Crippen LogP contribution in [0, 0.1) is 0 Å². The van der Waals surface area contributed by atoms with Gasteiger partial charge in [-0.25, -0.2) is 4.98 Å². The number of piperidine rings is 1. The van der Waals surface area contributed by atoms with E-state index in [1.807, 2.05) is 0 Å². The number of halogens is 1. The molecule has 1 aromatic rings. The Balaban J connectivity index is 2.00. The number of aromatic nitrogens is 2. The first kappa shape index (κ1) is 15.3. The van der Waals surface area contributed by atoms with Gasteiger partial charge in [0.15, 0.2) is 5.82 Å². The number of anilines is 1. The monoisotopic (exact) mass is 300 g/mol. The molecule has 1 fully saturated rings. The first-order valence-corrected chi connectivity index (χ1v) is 7.16. The van der Waals surface area contributed by atoms with Crippen molar-refractivity contribution in [2.24, 2.45) is 0 Å². The second-order valence-electron chi connectivity index (χ2n) is 4.95. The quantitative estimate of drug-likeness (QED) is 0.876. The summed E-state index contributed by atoms with van der Waals surface area (Å²) in [7, 11) is 3.60. The lowest BCUT2D eigenvalue weighted by atomic mass is 10.0. The lowest BCUT2D eigenvalue weighted by Gasteiger charge is -2.37. The largest absolute Gasteiger partial charge is 0.467 e. The molecule has 2 rings (SSSR count). The molecule has 0 aromatic carbocycles. The second kappa shape index (κ2) is 7.06. The highest BCUT2D eigenvalue weighted by atomic mass is 35.5. The van der Waals surface area contributed by atoms with Crippen LogP contribution in [0.2, 0.25) is 5.02 Å². The maximum absolute atomic E-state index is 8.99. The first-order chi connectivity index (χ1) is 9.65. The molecule has 112 valence electrons. The molecular formula is C13H21ClN4O2. The molecule has 2 heterocycles. The molecule has 0 radical (unpaired) electrons. The van der Waals surface area contributed by atoms with E-state index in [0.717, 1.165) is 31.7 Å². The molecule has 0 aliphatic carbocycles. The summed E-state index contributed by atoms with van der Waals surface area (Å²) in [6.07, 6.45) is 3.63. The van der Waals surface area contributed by atoms with Gasteiger partial charge in [0.05, 0.1) is 19.9 Å². The van der Waals surface area contributed by atoms with Crippen LogP contribution in [-0.2, 0) is 0 Å². The third-order valence-electron chi connectivity index (χ3n) is 3.73. The van der Waals surface area contributed by atoms with Gasteiger partial charge in [-0.15, -0.1) is 0 Å². The lowest BCUT2D eigenvalue weighted by Crippen LogP contribution is -2.44. The molecule has 6 nitrogen and oxygen atoms in total. The van der Waals surface area contributed by atoms with E-state index in [4.69, 9.17) is 21.4 Å². The smallest absolute Gasteiger partial charge is 0.318 e. The zero-order chi connectivity index (χ0) is 14.5. The number of rotatable bonds is 5. The van der Waals surface area contributed by atoms with Crippen molar-refractivity contribution < 1.29 is 9.84 Å². The number of methoxy groups -OCH3 is 1. The molecular weight excluding hydrogens is 280 g/mol. The fourth-order valence-electron chi connectivity index (χ4n) is 2.52. The SMILES string of the molecule is COc1ncc(Cl)c(N2CCC(N(C)CCO)CC2)n1. The van der Waals surface area contributed by atoms with Crippen LogP contribution in [-0.4, -0.2) is 66.4 Å². The minimum atomic E-state index is 0.200. The molecule has 0 bridgehead atoms. The van der Waals surface area contributed by atoms with Gasteiger partial charge in [-0.05, 0) is 19.9 Å². The van der Waals surface area contributed by atoms with Crippen LogP contribution < -0.4 is 9.64 Å². The maximum atomic E-state index is 8.99. The Morgan fingerprint density at radius 3 is 2.80 bits per heavy atom. The molecule has 1 aliphatic heterocycles. The van der Waals surface area contributed by atoms with Crippen molar-refractivity contribution in [3.05, 3.63) is 11.2 Å². The Labute approximate surface area is 124 Å². The van der Waals surface area contributed by atoms with Crippen molar-refractivity contribution in [2.45, 2.75) is 18.9 Å². The maximum Gasteiger partial charge on any atom is 0.318 e. The van der Waals surface area contributed by atoms with Gasteiger partial charge >= 0.3 is 6.01 Å². The van der Waals surface area contributed by atoms with Gasteiger partial charge in [-0.2, -0.15) is 4.98 Å². The van der Waals surface area contributed by atoms with Gasteiger partial charge in [-0.3, -0.25) is 0 Å². The predicted molar refractivity (Wildman–Crippen MR) is 78.5 cm³/mol. The highest BCUT2D eigenvalue weighted by molar-refractivity contribution is 6.32. The van der Waals surface area contributed by atoms with E-state index in [9.17, 15) is 0 Å². The normalized spacial score (nSPS) is 16.8. The van der Waals surface area contributed by atoms with Crippen molar-refractivity contribution in [1.29, 1.82) is 0 Å². The summed E-state index contributed by atoms with van der Waals surface area (Å²) in [5.74, 6) is 0.738. The van der Waals surface area contributed by atoms with Crippen molar-refractivity contribution in [3.8, 4) is 6.01 Å². The molecule has 1 aliphatic rings. The van der Waals surface area contributed by atoms with Gasteiger partial charge in [0.2, 0.25) is 0 Å². The Hall–Kier alpha value is -1.11. The van der Waals surface area contributed by atoms with Crippen molar-refractivity contribution in [1.82, 2.24) is 14.9 Å². The number of ether oxygens (including phenoxy) is 1. The molecule has 0 spiro atoms. The summed E-state index contributed by atoms with van der Waals surface area (Å²) in [5.41, 5.74) is 0. The summed E-state index contributed by atoms with van der Waals surface area (Å²) >= 11 is 6.17. The fourth-order valence-corrected chi connectivity index (χ4v) is 2.73. The summed E-state index contributed by atoms with van der Waals surface area (Å²) in [6.45, 7) is 2.69. The van der Waals surface area contributed by atoms with Gasteiger partial charge in [0.25, 0.3) is 0 Å². The van der Waals surface area contributed by atoms with E-state index >= 15 is 0 Å². The highest BCUT2D eigenvalue weighted by Gasteiger charge is 2.24. The molecule has 7 heteroatoms. The van der Waals surface area contributed by atoms with E-state index in [2.05, 4.69) is 26.8 Å². The summed E-state index contributed by atoms with van der Waals surface area (Å²) < 4.78 is 5.05. The topological polar surface area (TPSA) is 61.7 Å². The molecule has 0 atom stereocenters. The summed E-state index contributed by atoms with van der Waals surface area (Å²) in [4.78, 5) is 12.7. The van der Waals surface area contributed by atoms with Crippen molar-refractivity contribution in [3.63, 3.8) is 0 Å². The number of aliphatic hydroxyl groups is 1. The lowest BCUT2D eigenvalue weighted by molar-refractivity contribution is 0.161. The molecule has 20 heavy (non-hydrogen) atoms. The minimum Gasteiger partial charge on any atom is -0.467 e. The van der Waals surface area contributed by atoms with Crippen LogP contribution in [0.3, 0.4) is 0 Å². The van der Waals surface area contributed by atoms with Gasteiger partial charge in [0.1, 0.15) is 5.02 Å². The fraction of sp³-hybridized carbons (Fsp3) is 0.692. The first-order valence-electron chi connectivity index (χ1n) is 6.78. The Morgan fingerprint density at radius 2 is 2.20 bits per heavy atom. The molecule has 0 unspecified atom stereocenters. The standard InChI is InChI=1S/C13H21ClN4O2/c1-17(7-8-19)10-3-5-18(6-4-10)12-11(14)9-15-13(16-12)20-2/h9-10,19H,3-8H2,1-2H3. The molecule has 1 saturated heterocycles. The third kappa shape index (κ3) is 3.50. The Kier molecular flexibility index (Phi) is 5.39. The average Bonchev–Trinajstić information content (AvgIpc) is 2.48. The van der Waals surface area contributed by atoms with Gasteiger partial charge in [-0.1, -0.05) is 11.6 Å². The second-order valence-corrected chi connectivity index (χ2v) is 5.36. The molecule has 0 amide bonds. The summed E-state index contributed by atoms with van der Waals surface area (Å²) in [5, 5.41) is 9.54. The molecule has 1 N–H and O–H groups in total. The Morgan fingerprint density at radius 1 is 1.50 bits per heavy atom. The van der Waals surface area contributed by atoms with Crippen LogP contribution in [0.15, 0.2) is 6.20 Å². The number of likely N-dealkylation sites (N-methyl/N-ethyl adjacent to an activating group) is 1. The van der Waals surface area contributed by atoms with E-state index in [1.54, 1.807) is 13.3 Å². The van der Waals surface area contributed by atoms with Crippen LogP contribution in [0.25, 0.3) is 0 Å². The average molecular weight is 301 g/mol. The van der Waals surface area contributed by atoms with Crippen LogP contribution >= 0.6 is 11.6 Å². The van der Waals surface area contributed by atoms with E-state index in [-0.39, 0.29) is 6.61 Å². The predicted octanol–water partition coefficient (Wildman–Crippen LogP) is 1.03. The van der Waals surface area contributed by atoms with Gasteiger partial charge in [0, 0.05) is 25.7 Å². The van der Waals surface area contributed by atoms with E-state index in [1.165, 1.54) is 0 Å².